The van der Waals surface area contributed by atoms with Gasteiger partial charge in [0.05, 0.1) is 6.10 Å². The van der Waals surface area contributed by atoms with Crippen molar-refractivity contribution in [2.45, 2.75) is 38.2 Å². The SMILES string of the molecule is Cc1ccc(C2(C)C=CCC(O)C2)cc1. The van der Waals surface area contributed by atoms with Crippen LogP contribution in [0.5, 0.6) is 0 Å². The van der Waals surface area contributed by atoms with Crippen LogP contribution < -0.4 is 0 Å². The van der Waals surface area contributed by atoms with E-state index in [1.807, 2.05) is 0 Å². The standard InChI is InChI=1S/C14H18O/c1-11-5-7-12(8-6-11)14(2)9-3-4-13(15)10-14/h3,5-9,13,15H,4,10H2,1-2H3. The smallest absolute Gasteiger partial charge is 0.0586 e. The van der Waals surface area contributed by atoms with Crippen LogP contribution in [0.25, 0.3) is 0 Å². The van der Waals surface area contributed by atoms with Gasteiger partial charge in [0, 0.05) is 5.41 Å². The molecule has 0 saturated heterocycles. The first kappa shape index (κ1) is 10.4. The predicted molar refractivity (Wildman–Crippen MR) is 62.9 cm³/mol. The summed E-state index contributed by atoms with van der Waals surface area (Å²) in [6.45, 7) is 4.29. The van der Waals surface area contributed by atoms with Gasteiger partial charge in [-0.2, -0.15) is 0 Å². The Kier molecular flexibility index (Phi) is 2.66. The molecule has 2 rings (SSSR count). The van der Waals surface area contributed by atoms with Crippen molar-refractivity contribution in [1.29, 1.82) is 0 Å². The average Bonchev–Trinajstić information content (AvgIpc) is 2.18. The Labute approximate surface area is 91.4 Å². The first-order valence-electron chi connectivity index (χ1n) is 5.53. The lowest BCUT2D eigenvalue weighted by Gasteiger charge is -2.32. The number of hydrogen-bond acceptors (Lipinski definition) is 1. The van der Waals surface area contributed by atoms with Gasteiger partial charge >= 0.3 is 0 Å². The van der Waals surface area contributed by atoms with E-state index >= 15 is 0 Å². The maximum Gasteiger partial charge on any atom is 0.0586 e. The van der Waals surface area contributed by atoms with Crippen molar-refractivity contribution in [1.82, 2.24) is 0 Å². The molecule has 0 aliphatic heterocycles. The molecule has 1 heteroatoms. The summed E-state index contributed by atoms with van der Waals surface area (Å²) in [5, 5.41) is 9.71. The van der Waals surface area contributed by atoms with E-state index < -0.39 is 0 Å². The fraction of sp³-hybridized carbons (Fsp3) is 0.429. The summed E-state index contributed by atoms with van der Waals surface area (Å²) in [5.41, 5.74) is 2.58. The molecular weight excluding hydrogens is 184 g/mol. The third kappa shape index (κ3) is 2.13. The molecule has 1 nitrogen and oxygen atoms in total. The molecule has 0 fully saturated rings. The Bertz CT molecular complexity index is 363. The van der Waals surface area contributed by atoms with Crippen molar-refractivity contribution in [3.8, 4) is 0 Å². The minimum atomic E-state index is -0.193. The summed E-state index contributed by atoms with van der Waals surface area (Å²) in [6.07, 6.45) is 5.74. The van der Waals surface area contributed by atoms with Crippen molar-refractivity contribution in [3.63, 3.8) is 0 Å². The van der Waals surface area contributed by atoms with Gasteiger partial charge in [0.15, 0.2) is 0 Å². The summed E-state index contributed by atoms with van der Waals surface area (Å²) in [4.78, 5) is 0. The molecule has 15 heavy (non-hydrogen) atoms. The molecular formula is C14H18O. The van der Waals surface area contributed by atoms with Crippen LogP contribution in [0.15, 0.2) is 36.4 Å². The van der Waals surface area contributed by atoms with E-state index in [1.54, 1.807) is 0 Å². The van der Waals surface area contributed by atoms with Crippen LogP contribution in [-0.2, 0) is 5.41 Å². The summed E-state index contributed by atoms with van der Waals surface area (Å²) in [7, 11) is 0. The Morgan fingerprint density at radius 2 is 1.93 bits per heavy atom. The summed E-state index contributed by atoms with van der Waals surface area (Å²) in [5.74, 6) is 0. The molecule has 1 aromatic rings. The fourth-order valence-corrected chi connectivity index (χ4v) is 2.27. The monoisotopic (exact) mass is 202 g/mol. The fourth-order valence-electron chi connectivity index (χ4n) is 2.27. The van der Waals surface area contributed by atoms with Crippen molar-refractivity contribution in [2.24, 2.45) is 0 Å². The zero-order valence-electron chi connectivity index (χ0n) is 9.40. The van der Waals surface area contributed by atoms with Gasteiger partial charge in [0.25, 0.3) is 0 Å². The molecule has 1 aliphatic rings. The van der Waals surface area contributed by atoms with Gasteiger partial charge in [0.2, 0.25) is 0 Å². The molecule has 2 atom stereocenters. The summed E-state index contributed by atoms with van der Waals surface area (Å²) >= 11 is 0. The number of rotatable bonds is 1. The third-order valence-corrected chi connectivity index (χ3v) is 3.26. The number of hydrogen-bond donors (Lipinski definition) is 1. The maximum atomic E-state index is 9.71. The second-order valence-electron chi connectivity index (χ2n) is 4.78. The van der Waals surface area contributed by atoms with Crippen LogP contribution in [0.2, 0.25) is 0 Å². The summed E-state index contributed by atoms with van der Waals surface area (Å²) < 4.78 is 0. The number of benzene rings is 1. The Balaban J connectivity index is 2.32. The van der Waals surface area contributed by atoms with E-state index in [4.69, 9.17) is 0 Å². The van der Waals surface area contributed by atoms with Crippen molar-refractivity contribution in [2.75, 3.05) is 0 Å². The van der Waals surface area contributed by atoms with E-state index in [0.717, 1.165) is 12.8 Å². The highest BCUT2D eigenvalue weighted by atomic mass is 16.3. The molecule has 0 heterocycles. The van der Waals surface area contributed by atoms with Crippen LogP contribution in [0.1, 0.15) is 30.9 Å². The zero-order chi connectivity index (χ0) is 10.9. The van der Waals surface area contributed by atoms with Gasteiger partial charge in [-0.15, -0.1) is 0 Å². The van der Waals surface area contributed by atoms with E-state index in [1.165, 1.54) is 11.1 Å². The first-order chi connectivity index (χ1) is 7.10. The minimum absolute atomic E-state index is 0.00532. The highest BCUT2D eigenvalue weighted by Gasteiger charge is 2.28. The second-order valence-corrected chi connectivity index (χ2v) is 4.78. The predicted octanol–water partition coefficient (Wildman–Crippen LogP) is 2.96. The van der Waals surface area contributed by atoms with E-state index in [-0.39, 0.29) is 11.5 Å². The second kappa shape index (κ2) is 3.82. The lowest BCUT2D eigenvalue weighted by atomic mass is 9.74. The minimum Gasteiger partial charge on any atom is -0.393 e. The van der Waals surface area contributed by atoms with E-state index in [0.29, 0.717) is 0 Å². The maximum absolute atomic E-state index is 9.71. The largest absolute Gasteiger partial charge is 0.393 e. The van der Waals surface area contributed by atoms with Crippen molar-refractivity contribution in [3.05, 3.63) is 47.5 Å². The van der Waals surface area contributed by atoms with Gasteiger partial charge in [-0.3, -0.25) is 0 Å². The van der Waals surface area contributed by atoms with Crippen LogP contribution in [0.4, 0.5) is 0 Å². The molecule has 0 amide bonds. The molecule has 1 N–H and O–H groups in total. The van der Waals surface area contributed by atoms with Gasteiger partial charge in [0.1, 0.15) is 0 Å². The van der Waals surface area contributed by atoms with Crippen LogP contribution in [-0.4, -0.2) is 11.2 Å². The van der Waals surface area contributed by atoms with E-state index in [9.17, 15) is 5.11 Å². The van der Waals surface area contributed by atoms with Gasteiger partial charge < -0.3 is 5.11 Å². The molecule has 80 valence electrons. The molecule has 2 unspecified atom stereocenters. The van der Waals surface area contributed by atoms with Crippen molar-refractivity contribution < 1.29 is 5.11 Å². The van der Waals surface area contributed by atoms with Gasteiger partial charge in [-0.05, 0) is 25.3 Å². The van der Waals surface area contributed by atoms with E-state index in [2.05, 4.69) is 50.3 Å². The highest BCUT2D eigenvalue weighted by Crippen LogP contribution is 2.34. The lowest BCUT2D eigenvalue weighted by Crippen LogP contribution is -2.28. The van der Waals surface area contributed by atoms with Gasteiger partial charge in [-0.1, -0.05) is 48.9 Å². The van der Waals surface area contributed by atoms with Crippen LogP contribution in [0.3, 0.4) is 0 Å². The number of aliphatic hydroxyl groups excluding tert-OH is 1. The van der Waals surface area contributed by atoms with Gasteiger partial charge in [-0.25, -0.2) is 0 Å². The third-order valence-electron chi connectivity index (χ3n) is 3.26. The first-order valence-corrected chi connectivity index (χ1v) is 5.53. The number of aliphatic hydroxyl groups is 1. The molecule has 0 radical (unpaired) electrons. The Morgan fingerprint density at radius 1 is 1.27 bits per heavy atom. The highest BCUT2D eigenvalue weighted by molar-refractivity contribution is 5.33. The Hall–Kier alpha value is -1.08. The van der Waals surface area contributed by atoms with Crippen LogP contribution >= 0.6 is 0 Å². The lowest BCUT2D eigenvalue weighted by molar-refractivity contribution is 0.140. The number of aryl methyl sites for hydroxylation is 1. The molecule has 0 aromatic heterocycles. The molecule has 1 aliphatic carbocycles. The number of allylic oxidation sites excluding steroid dienone is 1. The molecule has 0 spiro atoms. The zero-order valence-corrected chi connectivity index (χ0v) is 9.40. The molecule has 0 saturated carbocycles. The topological polar surface area (TPSA) is 20.2 Å². The molecule has 1 aromatic carbocycles. The Morgan fingerprint density at radius 3 is 2.53 bits per heavy atom. The summed E-state index contributed by atoms with van der Waals surface area (Å²) in [6, 6.07) is 8.60. The van der Waals surface area contributed by atoms with Crippen molar-refractivity contribution >= 4 is 0 Å². The quantitative estimate of drug-likeness (QED) is 0.694. The average molecular weight is 202 g/mol. The normalized spacial score (nSPS) is 30.5. The van der Waals surface area contributed by atoms with Crippen LogP contribution in [0, 0.1) is 6.92 Å². The molecule has 0 bridgehead atoms.